The minimum absolute atomic E-state index is 0.0562. The normalized spacial score (nSPS) is 21.3. The number of hydrogen-bond acceptors (Lipinski definition) is 3. The fraction of sp³-hybridized carbons (Fsp3) is 0.667. The summed E-state index contributed by atoms with van der Waals surface area (Å²) < 4.78 is 5.28. The van der Waals surface area contributed by atoms with E-state index < -0.39 is 0 Å². The van der Waals surface area contributed by atoms with Crippen molar-refractivity contribution >= 4 is 27.7 Å². The SMILES string of the molecule is CC(C)(C)c1cc(N2CC(CBr)CC2=O)on1. The molecule has 1 saturated heterocycles. The maximum Gasteiger partial charge on any atom is 0.234 e. The molecule has 1 atom stereocenters. The van der Waals surface area contributed by atoms with Crippen molar-refractivity contribution in [2.24, 2.45) is 5.92 Å². The molecule has 1 unspecified atom stereocenters. The summed E-state index contributed by atoms with van der Waals surface area (Å²) in [6, 6.07) is 1.87. The van der Waals surface area contributed by atoms with Gasteiger partial charge in [-0.05, 0) is 5.92 Å². The van der Waals surface area contributed by atoms with Gasteiger partial charge in [0.05, 0.1) is 5.69 Å². The van der Waals surface area contributed by atoms with E-state index in [0.29, 0.717) is 24.8 Å². The number of halogens is 1. The Kier molecular flexibility index (Phi) is 3.30. The number of amides is 1. The van der Waals surface area contributed by atoms with Crippen LogP contribution in [0.25, 0.3) is 0 Å². The molecule has 5 heteroatoms. The predicted octanol–water partition coefficient (Wildman–Crippen LogP) is 2.72. The summed E-state index contributed by atoms with van der Waals surface area (Å²) >= 11 is 3.42. The van der Waals surface area contributed by atoms with Crippen LogP contribution in [0.15, 0.2) is 10.6 Å². The lowest BCUT2D eigenvalue weighted by Crippen LogP contribution is -2.24. The highest BCUT2D eigenvalue weighted by molar-refractivity contribution is 9.09. The molecule has 1 aromatic rings. The lowest BCUT2D eigenvalue weighted by Gasteiger charge is -2.13. The third kappa shape index (κ3) is 2.54. The minimum atomic E-state index is -0.0562. The first-order chi connectivity index (χ1) is 7.91. The molecule has 1 aliphatic heterocycles. The van der Waals surface area contributed by atoms with Crippen LogP contribution in [0.4, 0.5) is 5.88 Å². The molecule has 0 aliphatic carbocycles. The van der Waals surface area contributed by atoms with Crippen LogP contribution in [0.3, 0.4) is 0 Å². The van der Waals surface area contributed by atoms with Crippen LogP contribution in [0, 0.1) is 5.92 Å². The number of hydrogen-bond donors (Lipinski definition) is 0. The first kappa shape index (κ1) is 12.6. The van der Waals surface area contributed by atoms with Gasteiger partial charge in [0.1, 0.15) is 0 Å². The second-order valence-electron chi connectivity index (χ2n) is 5.53. The van der Waals surface area contributed by atoms with Crippen molar-refractivity contribution in [1.29, 1.82) is 0 Å². The van der Waals surface area contributed by atoms with E-state index in [1.807, 2.05) is 6.07 Å². The van der Waals surface area contributed by atoms with Gasteiger partial charge < -0.3 is 4.52 Å². The Morgan fingerprint density at radius 2 is 2.29 bits per heavy atom. The molecule has 0 aromatic carbocycles. The van der Waals surface area contributed by atoms with E-state index in [9.17, 15) is 4.79 Å². The average molecular weight is 301 g/mol. The molecular weight excluding hydrogens is 284 g/mol. The number of anilines is 1. The van der Waals surface area contributed by atoms with E-state index >= 15 is 0 Å². The number of aromatic nitrogens is 1. The van der Waals surface area contributed by atoms with Gasteiger partial charge in [0.15, 0.2) is 0 Å². The van der Waals surface area contributed by atoms with Crippen molar-refractivity contribution in [1.82, 2.24) is 5.16 Å². The Balaban J connectivity index is 2.19. The van der Waals surface area contributed by atoms with Crippen LogP contribution in [-0.4, -0.2) is 22.9 Å². The van der Waals surface area contributed by atoms with Gasteiger partial charge in [0.2, 0.25) is 11.8 Å². The largest absolute Gasteiger partial charge is 0.338 e. The molecule has 0 spiro atoms. The molecule has 0 saturated carbocycles. The summed E-state index contributed by atoms with van der Waals surface area (Å²) in [5, 5.41) is 4.88. The fourth-order valence-corrected chi connectivity index (χ4v) is 2.28. The highest BCUT2D eigenvalue weighted by Crippen LogP contribution is 2.30. The molecule has 1 aliphatic rings. The second kappa shape index (κ2) is 4.44. The molecule has 1 amide bonds. The molecule has 1 fully saturated rings. The van der Waals surface area contributed by atoms with Crippen molar-refractivity contribution < 1.29 is 9.32 Å². The highest BCUT2D eigenvalue weighted by Gasteiger charge is 2.33. The quantitative estimate of drug-likeness (QED) is 0.789. The Hall–Kier alpha value is -0.840. The number of rotatable bonds is 2. The van der Waals surface area contributed by atoms with E-state index in [4.69, 9.17) is 4.52 Å². The van der Waals surface area contributed by atoms with Gasteiger partial charge in [-0.3, -0.25) is 9.69 Å². The zero-order chi connectivity index (χ0) is 12.6. The van der Waals surface area contributed by atoms with E-state index in [2.05, 4.69) is 41.9 Å². The third-order valence-corrected chi connectivity index (χ3v) is 3.87. The summed E-state index contributed by atoms with van der Waals surface area (Å²) in [5.41, 5.74) is 0.821. The molecule has 1 aromatic heterocycles. The van der Waals surface area contributed by atoms with E-state index in [0.717, 1.165) is 11.0 Å². The van der Waals surface area contributed by atoms with Crippen LogP contribution in [-0.2, 0) is 10.2 Å². The molecular formula is C12H17BrN2O2. The van der Waals surface area contributed by atoms with Crippen LogP contribution < -0.4 is 4.90 Å². The highest BCUT2D eigenvalue weighted by atomic mass is 79.9. The summed E-state index contributed by atoms with van der Waals surface area (Å²) in [5.74, 6) is 1.06. The predicted molar refractivity (Wildman–Crippen MR) is 69.5 cm³/mol. The van der Waals surface area contributed by atoms with Crippen LogP contribution in [0.2, 0.25) is 0 Å². The van der Waals surface area contributed by atoms with Crippen molar-refractivity contribution in [3.63, 3.8) is 0 Å². The van der Waals surface area contributed by atoms with E-state index in [1.165, 1.54) is 0 Å². The number of carbonyl (C=O) groups is 1. The molecule has 2 rings (SSSR count). The Morgan fingerprint density at radius 1 is 1.59 bits per heavy atom. The Morgan fingerprint density at radius 3 is 2.76 bits per heavy atom. The van der Waals surface area contributed by atoms with Crippen LogP contribution >= 0.6 is 15.9 Å². The van der Waals surface area contributed by atoms with Crippen molar-refractivity contribution in [2.75, 3.05) is 16.8 Å². The van der Waals surface area contributed by atoms with Crippen molar-refractivity contribution in [3.05, 3.63) is 11.8 Å². The maximum atomic E-state index is 11.8. The maximum absolute atomic E-state index is 11.8. The van der Waals surface area contributed by atoms with E-state index in [-0.39, 0.29) is 11.3 Å². The summed E-state index contributed by atoms with van der Waals surface area (Å²) in [6.07, 6.45) is 0.580. The molecule has 17 heavy (non-hydrogen) atoms. The van der Waals surface area contributed by atoms with Gasteiger partial charge in [-0.2, -0.15) is 0 Å². The Bertz CT molecular complexity index is 422. The molecule has 0 bridgehead atoms. The van der Waals surface area contributed by atoms with Gasteiger partial charge in [-0.25, -0.2) is 0 Å². The zero-order valence-electron chi connectivity index (χ0n) is 10.4. The molecule has 0 radical (unpaired) electrons. The Labute approximate surface area is 109 Å². The first-order valence-electron chi connectivity index (χ1n) is 5.75. The van der Waals surface area contributed by atoms with Gasteiger partial charge in [-0.1, -0.05) is 41.9 Å². The lowest BCUT2D eigenvalue weighted by molar-refractivity contribution is -0.117. The van der Waals surface area contributed by atoms with Crippen molar-refractivity contribution in [2.45, 2.75) is 32.6 Å². The van der Waals surface area contributed by atoms with Crippen molar-refractivity contribution in [3.8, 4) is 0 Å². The second-order valence-corrected chi connectivity index (χ2v) is 6.18. The van der Waals surface area contributed by atoms with Gasteiger partial charge in [0.25, 0.3) is 0 Å². The summed E-state index contributed by atoms with van der Waals surface area (Å²) in [6.45, 7) is 6.92. The third-order valence-electron chi connectivity index (χ3n) is 2.96. The van der Waals surface area contributed by atoms with E-state index in [1.54, 1.807) is 4.90 Å². The average Bonchev–Trinajstić information content (AvgIpc) is 2.82. The smallest absolute Gasteiger partial charge is 0.234 e. The van der Waals surface area contributed by atoms with Gasteiger partial charge >= 0.3 is 0 Å². The van der Waals surface area contributed by atoms with Gasteiger partial charge in [0, 0.05) is 29.8 Å². The number of nitrogens with zero attached hydrogens (tertiary/aromatic N) is 2. The summed E-state index contributed by atoms with van der Waals surface area (Å²) in [7, 11) is 0. The molecule has 94 valence electrons. The van der Waals surface area contributed by atoms with Crippen LogP contribution in [0.5, 0.6) is 0 Å². The number of carbonyl (C=O) groups excluding carboxylic acids is 1. The first-order valence-corrected chi connectivity index (χ1v) is 6.87. The topological polar surface area (TPSA) is 46.3 Å². The fourth-order valence-electron chi connectivity index (χ4n) is 1.84. The molecule has 0 N–H and O–H groups in total. The standard InChI is InChI=1S/C12H17BrN2O2/c1-12(2,3)9-5-11(17-14-9)15-7-8(6-13)4-10(15)16/h5,8H,4,6-7H2,1-3H3. The summed E-state index contributed by atoms with van der Waals surface area (Å²) in [4.78, 5) is 13.5. The lowest BCUT2D eigenvalue weighted by atomic mass is 9.92. The van der Waals surface area contributed by atoms with Gasteiger partial charge in [-0.15, -0.1) is 0 Å². The number of alkyl halides is 1. The molecule has 4 nitrogen and oxygen atoms in total. The minimum Gasteiger partial charge on any atom is -0.338 e. The zero-order valence-corrected chi connectivity index (χ0v) is 12.0. The molecule has 2 heterocycles. The van der Waals surface area contributed by atoms with Crippen LogP contribution in [0.1, 0.15) is 32.9 Å². The monoisotopic (exact) mass is 300 g/mol.